The summed E-state index contributed by atoms with van der Waals surface area (Å²) in [4.78, 5) is 22.7. The van der Waals surface area contributed by atoms with Gasteiger partial charge < -0.3 is 18.8 Å². The number of methoxy groups -OCH3 is 2. The molecule has 1 rings (SSSR count). The molecule has 16 heavy (non-hydrogen) atoms. The third kappa shape index (κ3) is 2.62. The Morgan fingerprint density at radius 2 is 1.69 bits per heavy atom. The number of esters is 2. The molecule has 1 aliphatic rings. The van der Waals surface area contributed by atoms with Crippen LogP contribution in [-0.4, -0.2) is 45.5 Å². The number of carbonyl (C=O) groups excluding carboxylic acids is 2. The van der Waals surface area contributed by atoms with Crippen molar-refractivity contribution in [2.24, 2.45) is 0 Å². The van der Waals surface area contributed by atoms with Gasteiger partial charge in [-0.15, -0.1) is 6.58 Å². The molecule has 0 aliphatic carbocycles. The highest BCUT2D eigenvalue weighted by molar-refractivity contribution is 6.46. The van der Waals surface area contributed by atoms with Gasteiger partial charge in [0.2, 0.25) is 0 Å². The van der Waals surface area contributed by atoms with Crippen molar-refractivity contribution < 1.29 is 28.4 Å². The minimum Gasteiger partial charge on any atom is -0.467 e. The number of carbonyl (C=O) groups is 2. The lowest BCUT2D eigenvalue weighted by atomic mass is 9.85. The molecule has 1 fully saturated rings. The third-order valence-electron chi connectivity index (χ3n) is 2.10. The van der Waals surface area contributed by atoms with Crippen molar-refractivity contribution in [1.82, 2.24) is 0 Å². The standard InChI is InChI=1S/C9H13BO6/c1-4-5-10-15-6(8(11)13-2)7(16-10)9(12)14-3/h4,6-7H,1,5H2,2-3H3/t6-,7-/m1/s1. The maximum absolute atomic E-state index is 11.3. The largest absolute Gasteiger partial charge is 0.467 e. The van der Waals surface area contributed by atoms with Gasteiger partial charge in [0, 0.05) is 6.32 Å². The Kier molecular flexibility index (Phi) is 4.51. The molecule has 0 aromatic heterocycles. The molecular formula is C9H13BO6. The first-order valence-corrected chi connectivity index (χ1v) is 4.71. The highest BCUT2D eigenvalue weighted by atomic mass is 16.7. The van der Waals surface area contributed by atoms with E-state index < -0.39 is 31.3 Å². The molecule has 1 aliphatic heterocycles. The van der Waals surface area contributed by atoms with Crippen molar-refractivity contribution >= 4 is 19.1 Å². The molecule has 88 valence electrons. The van der Waals surface area contributed by atoms with Crippen LogP contribution < -0.4 is 0 Å². The SMILES string of the molecule is C=CCB1O[C@@H](C(=O)OC)[C@H](C(=O)OC)O1. The fourth-order valence-corrected chi connectivity index (χ4v) is 1.34. The number of allylic oxidation sites excluding steroid dienone is 1. The van der Waals surface area contributed by atoms with E-state index in [2.05, 4.69) is 16.1 Å². The molecule has 0 bridgehead atoms. The monoisotopic (exact) mass is 228 g/mol. The molecule has 1 heterocycles. The van der Waals surface area contributed by atoms with Crippen molar-refractivity contribution in [2.75, 3.05) is 14.2 Å². The maximum atomic E-state index is 11.3. The lowest BCUT2D eigenvalue weighted by molar-refractivity contribution is -0.160. The van der Waals surface area contributed by atoms with E-state index in [-0.39, 0.29) is 0 Å². The zero-order valence-corrected chi connectivity index (χ0v) is 9.17. The molecule has 0 aromatic rings. The molecule has 0 N–H and O–H groups in total. The molecule has 0 radical (unpaired) electrons. The van der Waals surface area contributed by atoms with Gasteiger partial charge in [-0.05, 0) is 0 Å². The van der Waals surface area contributed by atoms with E-state index >= 15 is 0 Å². The number of rotatable bonds is 4. The van der Waals surface area contributed by atoms with Crippen molar-refractivity contribution in [1.29, 1.82) is 0 Å². The molecule has 7 heteroatoms. The Morgan fingerprint density at radius 1 is 1.25 bits per heavy atom. The third-order valence-corrected chi connectivity index (χ3v) is 2.10. The van der Waals surface area contributed by atoms with Crippen molar-refractivity contribution in [3.8, 4) is 0 Å². The first-order valence-electron chi connectivity index (χ1n) is 4.71. The predicted octanol–water partition coefficient (Wildman–Crippen LogP) is -0.209. The van der Waals surface area contributed by atoms with E-state index in [0.29, 0.717) is 6.32 Å². The molecule has 6 nitrogen and oxygen atoms in total. The van der Waals surface area contributed by atoms with Gasteiger partial charge >= 0.3 is 19.1 Å². The molecule has 2 atom stereocenters. The molecule has 0 saturated carbocycles. The van der Waals surface area contributed by atoms with Gasteiger partial charge in [-0.1, -0.05) is 6.08 Å². The smallest absolute Gasteiger partial charge is 0.462 e. The molecule has 0 aromatic carbocycles. The van der Waals surface area contributed by atoms with Crippen LogP contribution in [0.15, 0.2) is 12.7 Å². The normalized spacial score (nSPS) is 24.0. The van der Waals surface area contributed by atoms with Crippen LogP contribution in [0.4, 0.5) is 0 Å². The fourth-order valence-electron chi connectivity index (χ4n) is 1.34. The van der Waals surface area contributed by atoms with E-state index in [9.17, 15) is 9.59 Å². The van der Waals surface area contributed by atoms with Gasteiger partial charge in [-0.2, -0.15) is 0 Å². The van der Waals surface area contributed by atoms with E-state index in [1.54, 1.807) is 6.08 Å². The quantitative estimate of drug-likeness (QED) is 0.376. The fraction of sp³-hybridized carbons (Fsp3) is 0.556. The second-order valence-electron chi connectivity index (χ2n) is 3.11. The van der Waals surface area contributed by atoms with Crippen LogP contribution in [0.25, 0.3) is 0 Å². The Hall–Kier alpha value is -1.34. The average molecular weight is 228 g/mol. The summed E-state index contributed by atoms with van der Waals surface area (Å²) in [6.45, 7) is 3.51. The van der Waals surface area contributed by atoms with Crippen molar-refractivity contribution in [3.05, 3.63) is 12.7 Å². The van der Waals surface area contributed by atoms with Crippen LogP contribution in [0.3, 0.4) is 0 Å². The first kappa shape index (κ1) is 12.7. The molecular weight excluding hydrogens is 215 g/mol. The highest BCUT2D eigenvalue weighted by Gasteiger charge is 2.48. The van der Waals surface area contributed by atoms with Gasteiger partial charge in [-0.25, -0.2) is 9.59 Å². The number of ether oxygens (including phenoxy) is 2. The second kappa shape index (κ2) is 5.67. The summed E-state index contributed by atoms with van der Waals surface area (Å²) in [5.74, 6) is -1.33. The molecule has 0 spiro atoms. The Morgan fingerprint density at radius 3 is 2.00 bits per heavy atom. The summed E-state index contributed by atoms with van der Waals surface area (Å²) >= 11 is 0. The number of hydrogen-bond acceptors (Lipinski definition) is 6. The van der Waals surface area contributed by atoms with Crippen LogP contribution in [0.2, 0.25) is 6.32 Å². The van der Waals surface area contributed by atoms with Gasteiger partial charge in [-0.3, -0.25) is 0 Å². The summed E-state index contributed by atoms with van der Waals surface area (Å²) in [5.41, 5.74) is 0. The zero-order valence-electron chi connectivity index (χ0n) is 9.17. The highest BCUT2D eigenvalue weighted by Crippen LogP contribution is 2.21. The van der Waals surface area contributed by atoms with Crippen LogP contribution in [-0.2, 0) is 28.4 Å². The van der Waals surface area contributed by atoms with Crippen LogP contribution in [0.5, 0.6) is 0 Å². The van der Waals surface area contributed by atoms with E-state index in [1.807, 2.05) is 0 Å². The summed E-state index contributed by atoms with van der Waals surface area (Å²) in [6.07, 6.45) is -0.218. The van der Waals surface area contributed by atoms with E-state index in [0.717, 1.165) is 0 Å². The summed E-state index contributed by atoms with van der Waals surface area (Å²) in [6, 6.07) is 0. The van der Waals surface area contributed by atoms with Crippen LogP contribution in [0.1, 0.15) is 0 Å². The predicted molar refractivity (Wildman–Crippen MR) is 54.5 cm³/mol. The second-order valence-corrected chi connectivity index (χ2v) is 3.11. The lowest BCUT2D eigenvalue weighted by Crippen LogP contribution is -2.38. The van der Waals surface area contributed by atoms with E-state index in [1.165, 1.54) is 14.2 Å². The number of hydrogen-bond donors (Lipinski definition) is 0. The maximum Gasteiger partial charge on any atom is 0.462 e. The first-order chi connectivity index (χ1) is 7.63. The molecule has 0 unspecified atom stereocenters. The zero-order chi connectivity index (χ0) is 12.1. The molecule has 0 amide bonds. The summed E-state index contributed by atoms with van der Waals surface area (Å²) in [7, 11) is 1.74. The molecule has 1 saturated heterocycles. The summed E-state index contributed by atoms with van der Waals surface area (Å²) < 4.78 is 19.5. The Bertz CT molecular complexity index is 268. The van der Waals surface area contributed by atoms with Gasteiger partial charge in [0.15, 0.2) is 12.2 Å². The van der Waals surface area contributed by atoms with Crippen LogP contribution >= 0.6 is 0 Å². The average Bonchev–Trinajstić information content (AvgIpc) is 2.71. The van der Waals surface area contributed by atoms with Gasteiger partial charge in [0.1, 0.15) is 0 Å². The van der Waals surface area contributed by atoms with Crippen molar-refractivity contribution in [2.45, 2.75) is 18.5 Å². The van der Waals surface area contributed by atoms with Crippen LogP contribution in [0, 0.1) is 0 Å². The lowest BCUT2D eigenvalue weighted by Gasteiger charge is -2.13. The minimum atomic E-state index is -1.08. The topological polar surface area (TPSA) is 71.1 Å². The van der Waals surface area contributed by atoms with Gasteiger partial charge in [0.05, 0.1) is 14.2 Å². The van der Waals surface area contributed by atoms with Crippen molar-refractivity contribution in [3.63, 3.8) is 0 Å². The Labute approximate surface area is 93.6 Å². The summed E-state index contributed by atoms with van der Waals surface area (Å²) in [5, 5.41) is 0. The van der Waals surface area contributed by atoms with E-state index in [4.69, 9.17) is 9.31 Å². The van der Waals surface area contributed by atoms with Gasteiger partial charge in [0.25, 0.3) is 0 Å². The minimum absolute atomic E-state index is 0.376. The Balaban J connectivity index is 2.74.